The number of carbonyl (C=O) groups excluding carboxylic acids is 3. The van der Waals surface area contributed by atoms with E-state index in [0.717, 1.165) is 25.9 Å². The number of nitrogens with one attached hydrogen (secondary N) is 3. The van der Waals surface area contributed by atoms with Crippen LogP contribution < -0.4 is 16.0 Å². The van der Waals surface area contributed by atoms with E-state index in [1.807, 2.05) is 74.5 Å². The van der Waals surface area contributed by atoms with E-state index in [2.05, 4.69) is 39.8 Å². The molecule has 50 heavy (non-hydrogen) atoms. The van der Waals surface area contributed by atoms with Crippen LogP contribution in [-0.4, -0.2) is 69.3 Å². The second kappa shape index (κ2) is 19.2. The van der Waals surface area contributed by atoms with E-state index in [-0.39, 0.29) is 30.9 Å². The van der Waals surface area contributed by atoms with Crippen LogP contribution in [0.15, 0.2) is 78.6 Å². The molecule has 0 aliphatic rings. The first-order chi connectivity index (χ1) is 24.0. The molecule has 0 radical (unpaired) electrons. The SMILES string of the molecule is CC(C)c1ncc(CN(C)C(=O)N[C@@H](C(=O)N[C@@H](Cc2ccccc2)C[C@H](O)[C@H](Cc2ccccc2)NC(=O)OCc2cncs2)C(C)C)s1. The lowest BCUT2D eigenvalue weighted by Crippen LogP contribution is -2.55. The highest BCUT2D eigenvalue weighted by Crippen LogP contribution is 2.22. The molecule has 4 atom stereocenters. The number of aliphatic hydroxyl groups excluding tert-OH is 1. The van der Waals surface area contributed by atoms with Crippen LogP contribution in [-0.2, 0) is 35.5 Å². The zero-order valence-corrected chi connectivity index (χ0v) is 30.9. The largest absolute Gasteiger partial charge is 0.444 e. The van der Waals surface area contributed by atoms with E-state index in [1.165, 1.54) is 11.3 Å². The van der Waals surface area contributed by atoms with Crippen molar-refractivity contribution < 1.29 is 24.2 Å². The van der Waals surface area contributed by atoms with Gasteiger partial charge in [-0.2, -0.15) is 0 Å². The van der Waals surface area contributed by atoms with E-state index >= 15 is 0 Å². The number of aliphatic hydroxyl groups is 1. The summed E-state index contributed by atoms with van der Waals surface area (Å²) in [6.07, 6.45) is 2.63. The molecule has 2 heterocycles. The van der Waals surface area contributed by atoms with Crippen molar-refractivity contribution >= 4 is 40.7 Å². The Morgan fingerprint density at radius 3 is 2.12 bits per heavy atom. The Morgan fingerprint density at radius 2 is 1.54 bits per heavy atom. The average Bonchev–Trinajstić information content (AvgIpc) is 3.79. The van der Waals surface area contributed by atoms with Gasteiger partial charge in [0.15, 0.2) is 0 Å². The number of hydrogen-bond acceptors (Lipinski definition) is 9. The fourth-order valence-electron chi connectivity index (χ4n) is 5.38. The number of hydrogen-bond donors (Lipinski definition) is 4. The quantitative estimate of drug-likeness (QED) is 0.106. The molecule has 2 aromatic heterocycles. The zero-order valence-electron chi connectivity index (χ0n) is 29.2. The van der Waals surface area contributed by atoms with E-state index in [0.29, 0.717) is 25.3 Å². The molecule has 0 spiro atoms. The number of urea groups is 1. The fraction of sp³-hybridized carbons (Fsp3) is 0.432. The second-order valence-electron chi connectivity index (χ2n) is 13.0. The molecule has 4 amide bonds. The molecule has 0 saturated carbocycles. The molecular weight excluding hydrogens is 673 g/mol. The third-order valence-electron chi connectivity index (χ3n) is 8.13. The average molecular weight is 721 g/mol. The van der Waals surface area contributed by atoms with Crippen LogP contribution in [0.25, 0.3) is 0 Å². The van der Waals surface area contributed by atoms with Gasteiger partial charge in [0.25, 0.3) is 0 Å². The lowest BCUT2D eigenvalue weighted by Gasteiger charge is -2.30. The number of alkyl carbamates (subject to hydrolysis) is 1. The van der Waals surface area contributed by atoms with Crippen molar-refractivity contribution in [3.8, 4) is 0 Å². The Hall–Kier alpha value is -4.33. The first-order valence-corrected chi connectivity index (χ1v) is 18.5. The Bertz CT molecular complexity index is 1620. The molecule has 4 N–H and O–H groups in total. The van der Waals surface area contributed by atoms with Crippen molar-refractivity contribution in [1.29, 1.82) is 0 Å². The first-order valence-electron chi connectivity index (χ1n) is 16.8. The van der Waals surface area contributed by atoms with Gasteiger partial charge in [-0.05, 0) is 36.3 Å². The first kappa shape index (κ1) is 38.5. The van der Waals surface area contributed by atoms with Crippen LogP contribution in [0.5, 0.6) is 0 Å². The molecule has 0 unspecified atom stereocenters. The van der Waals surface area contributed by atoms with Crippen LogP contribution >= 0.6 is 22.7 Å². The summed E-state index contributed by atoms with van der Waals surface area (Å²) in [6, 6.07) is 16.8. The number of nitrogens with zero attached hydrogens (tertiary/aromatic N) is 3. The van der Waals surface area contributed by atoms with Crippen molar-refractivity contribution in [2.24, 2.45) is 5.92 Å². The van der Waals surface area contributed by atoms with Gasteiger partial charge in [0.2, 0.25) is 5.91 Å². The molecule has 0 bridgehead atoms. The van der Waals surface area contributed by atoms with Crippen LogP contribution in [0.2, 0.25) is 0 Å². The van der Waals surface area contributed by atoms with Gasteiger partial charge in [0, 0.05) is 36.3 Å². The number of thiazole rings is 2. The van der Waals surface area contributed by atoms with Crippen LogP contribution in [0.4, 0.5) is 9.59 Å². The normalized spacial score (nSPS) is 13.7. The van der Waals surface area contributed by atoms with Gasteiger partial charge >= 0.3 is 12.1 Å². The number of aromatic nitrogens is 2. The Labute approximate surface area is 302 Å². The highest BCUT2D eigenvalue weighted by Gasteiger charge is 2.31. The summed E-state index contributed by atoms with van der Waals surface area (Å²) in [6.45, 7) is 8.34. The summed E-state index contributed by atoms with van der Waals surface area (Å²) >= 11 is 2.95. The second-order valence-corrected chi connectivity index (χ2v) is 15.1. The van der Waals surface area contributed by atoms with E-state index in [9.17, 15) is 19.5 Å². The summed E-state index contributed by atoms with van der Waals surface area (Å²) in [5.41, 5.74) is 3.56. The maximum absolute atomic E-state index is 13.9. The standard InChI is InChI=1S/C37H48N6O5S2/c1-24(2)33(42-36(46)43(5)21-29-20-39-35(50-29)25(3)4)34(45)40-28(16-26-12-8-6-9-13-26)18-32(44)31(17-27-14-10-7-11-15-27)41-37(47)48-22-30-19-38-23-49-30/h6-15,19-20,23-25,28,31-33,44H,16-18,21-22H2,1-5H3,(H,40,45)(H,41,47)(H,42,46)/t28-,31-,32-,33+/m0/s1. The van der Waals surface area contributed by atoms with E-state index in [1.54, 1.807) is 41.2 Å². The molecule has 268 valence electrons. The summed E-state index contributed by atoms with van der Waals surface area (Å²) in [5.74, 6) is -0.269. The molecular formula is C37H48N6O5S2. The summed E-state index contributed by atoms with van der Waals surface area (Å²) in [5, 5.41) is 21.6. The molecule has 13 heteroatoms. The van der Waals surface area contributed by atoms with Crippen molar-refractivity contribution in [3.05, 3.63) is 104 Å². The molecule has 0 aliphatic heterocycles. The molecule has 0 fully saturated rings. The molecule has 0 saturated heterocycles. The predicted octanol–water partition coefficient (Wildman–Crippen LogP) is 5.91. The molecule has 4 rings (SSSR count). The zero-order chi connectivity index (χ0) is 36.0. The van der Waals surface area contributed by atoms with Crippen molar-refractivity contribution in [1.82, 2.24) is 30.8 Å². The molecule has 0 aliphatic carbocycles. The Morgan fingerprint density at radius 1 is 0.880 bits per heavy atom. The predicted molar refractivity (Wildman–Crippen MR) is 197 cm³/mol. The minimum Gasteiger partial charge on any atom is -0.444 e. The molecule has 4 aromatic rings. The monoisotopic (exact) mass is 720 g/mol. The Balaban J connectivity index is 1.46. The number of ether oxygens (including phenoxy) is 1. The van der Waals surface area contributed by atoms with Gasteiger partial charge in [-0.25, -0.2) is 14.6 Å². The van der Waals surface area contributed by atoms with E-state index < -0.39 is 30.3 Å². The lowest BCUT2D eigenvalue weighted by atomic mass is 9.93. The third kappa shape index (κ3) is 12.2. The number of amides is 4. The maximum Gasteiger partial charge on any atom is 0.407 e. The number of benzene rings is 2. The topological polar surface area (TPSA) is 146 Å². The minimum absolute atomic E-state index is 0.0675. The van der Waals surface area contributed by atoms with Crippen LogP contribution in [0.3, 0.4) is 0 Å². The lowest BCUT2D eigenvalue weighted by molar-refractivity contribution is -0.124. The van der Waals surface area contributed by atoms with Crippen LogP contribution in [0, 0.1) is 5.92 Å². The van der Waals surface area contributed by atoms with Gasteiger partial charge in [0.05, 0.1) is 34.1 Å². The number of carbonyl (C=O) groups is 3. The number of rotatable bonds is 17. The van der Waals surface area contributed by atoms with Gasteiger partial charge in [-0.15, -0.1) is 22.7 Å². The summed E-state index contributed by atoms with van der Waals surface area (Å²) in [4.78, 5) is 51.8. The molecule has 2 aromatic carbocycles. The molecule has 11 nitrogen and oxygen atoms in total. The summed E-state index contributed by atoms with van der Waals surface area (Å²) in [7, 11) is 1.69. The fourth-order valence-corrected chi connectivity index (χ4v) is 6.86. The van der Waals surface area contributed by atoms with Gasteiger partial charge in [-0.3, -0.25) is 9.78 Å². The maximum atomic E-state index is 13.9. The smallest absolute Gasteiger partial charge is 0.407 e. The van der Waals surface area contributed by atoms with Gasteiger partial charge < -0.3 is 30.7 Å². The van der Waals surface area contributed by atoms with Crippen LogP contribution in [0.1, 0.15) is 65.9 Å². The van der Waals surface area contributed by atoms with Crippen molar-refractivity contribution in [3.63, 3.8) is 0 Å². The highest BCUT2D eigenvalue weighted by atomic mass is 32.1. The summed E-state index contributed by atoms with van der Waals surface area (Å²) < 4.78 is 5.43. The Kier molecular flexibility index (Phi) is 14.7. The third-order valence-corrected chi connectivity index (χ3v) is 10.2. The van der Waals surface area contributed by atoms with Gasteiger partial charge in [-0.1, -0.05) is 88.4 Å². The van der Waals surface area contributed by atoms with Crippen molar-refractivity contribution in [2.45, 2.75) is 90.3 Å². The van der Waals surface area contributed by atoms with E-state index in [4.69, 9.17) is 4.74 Å². The van der Waals surface area contributed by atoms with Crippen molar-refractivity contribution in [2.75, 3.05) is 7.05 Å². The minimum atomic E-state index is -1.05. The highest BCUT2D eigenvalue weighted by molar-refractivity contribution is 7.11. The van der Waals surface area contributed by atoms with Gasteiger partial charge in [0.1, 0.15) is 12.6 Å².